The van der Waals surface area contributed by atoms with E-state index in [0.29, 0.717) is 0 Å². The topological polar surface area (TPSA) is 30.7 Å². The quantitative estimate of drug-likeness (QED) is 0.674. The van der Waals surface area contributed by atoms with E-state index in [-0.39, 0.29) is 5.37 Å². The van der Waals surface area contributed by atoms with Crippen LogP contribution in [0.5, 0.6) is 0 Å². The first-order valence-electron chi connectivity index (χ1n) is 3.38. The van der Waals surface area contributed by atoms with Crippen molar-refractivity contribution < 1.29 is 0 Å². The Labute approximate surface area is 65.8 Å². The van der Waals surface area contributed by atoms with E-state index < -0.39 is 0 Å². The van der Waals surface area contributed by atoms with Crippen molar-refractivity contribution in [2.24, 2.45) is 0 Å². The van der Waals surface area contributed by atoms with Gasteiger partial charge in [0.15, 0.2) is 0 Å². The monoisotopic (exact) mass is 157 g/mol. The van der Waals surface area contributed by atoms with Crippen molar-refractivity contribution in [1.82, 2.24) is 15.0 Å². The van der Waals surface area contributed by atoms with Crippen molar-refractivity contribution in [2.75, 3.05) is 0 Å². The normalized spacial score (nSPS) is 13.4. The fourth-order valence-corrected chi connectivity index (χ4v) is 1.15. The maximum absolute atomic E-state index is 4.33. The number of nitrogens with zero attached hydrogens (tertiary/aromatic N) is 3. The van der Waals surface area contributed by atoms with Crippen LogP contribution >= 0.6 is 12.6 Å². The molecular formula is C6H11N3S. The molecule has 1 heterocycles. The van der Waals surface area contributed by atoms with Gasteiger partial charge in [0.2, 0.25) is 0 Å². The van der Waals surface area contributed by atoms with Gasteiger partial charge in [-0.2, -0.15) is 12.6 Å². The van der Waals surface area contributed by atoms with Gasteiger partial charge in [-0.25, -0.2) is 4.68 Å². The molecule has 0 aliphatic rings. The lowest BCUT2D eigenvalue weighted by atomic mass is 10.3. The molecule has 0 saturated heterocycles. The Morgan fingerprint density at radius 3 is 3.00 bits per heavy atom. The molecule has 0 amide bonds. The maximum atomic E-state index is 4.33. The summed E-state index contributed by atoms with van der Waals surface area (Å²) >= 11 is 4.33. The average Bonchev–Trinajstić information content (AvgIpc) is 2.38. The van der Waals surface area contributed by atoms with Crippen molar-refractivity contribution in [2.45, 2.75) is 25.1 Å². The number of thiol groups is 1. The van der Waals surface area contributed by atoms with Crippen LogP contribution in [0, 0.1) is 0 Å². The van der Waals surface area contributed by atoms with Gasteiger partial charge in [-0.05, 0) is 6.42 Å². The Bertz CT molecular complexity index is 173. The second-order valence-corrected chi connectivity index (χ2v) is 2.75. The highest BCUT2D eigenvalue weighted by atomic mass is 32.1. The van der Waals surface area contributed by atoms with Gasteiger partial charge in [-0.1, -0.05) is 18.6 Å². The van der Waals surface area contributed by atoms with Crippen LogP contribution in [0.1, 0.15) is 25.1 Å². The SMILES string of the molecule is CCCC(S)n1ccnn1. The summed E-state index contributed by atoms with van der Waals surface area (Å²) in [5.74, 6) is 0. The number of hydrogen-bond acceptors (Lipinski definition) is 3. The van der Waals surface area contributed by atoms with Crippen LogP contribution in [0.3, 0.4) is 0 Å². The molecule has 1 rings (SSSR count). The molecule has 0 saturated carbocycles. The fourth-order valence-electron chi connectivity index (χ4n) is 0.767. The second-order valence-electron chi connectivity index (χ2n) is 2.15. The molecule has 0 spiro atoms. The van der Waals surface area contributed by atoms with Crippen LogP contribution in [0.25, 0.3) is 0 Å². The summed E-state index contributed by atoms with van der Waals surface area (Å²) in [6.07, 6.45) is 5.65. The largest absolute Gasteiger partial charge is 0.240 e. The zero-order valence-electron chi connectivity index (χ0n) is 5.94. The van der Waals surface area contributed by atoms with Gasteiger partial charge in [-0.15, -0.1) is 5.10 Å². The Balaban J connectivity index is 2.50. The number of rotatable bonds is 3. The minimum absolute atomic E-state index is 0.187. The zero-order chi connectivity index (χ0) is 7.40. The summed E-state index contributed by atoms with van der Waals surface area (Å²) < 4.78 is 1.76. The molecule has 0 bridgehead atoms. The molecule has 3 nitrogen and oxygen atoms in total. The van der Waals surface area contributed by atoms with Crippen LogP contribution < -0.4 is 0 Å². The van der Waals surface area contributed by atoms with Crippen molar-refractivity contribution >= 4 is 12.6 Å². The maximum Gasteiger partial charge on any atom is 0.0960 e. The molecule has 1 unspecified atom stereocenters. The van der Waals surface area contributed by atoms with Gasteiger partial charge in [-0.3, -0.25) is 0 Å². The summed E-state index contributed by atoms with van der Waals surface area (Å²) in [6.45, 7) is 2.13. The lowest BCUT2D eigenvalue weighted by molar-refractivity contribution is 0.541. The van der Waals surface area contributed by atoms with Gasteiger partial charge >= 0.3 is 0 Å². The van der Waals surface area contributed by atoms with E-state index in [0.717, 1.165) is 12.8 Å². The predicted octanol–water partition coefficient (Wildman–Crippen LogP) is 1.51. The van der Waals surface area contributed by atoms with Gasteiger partial charge in [0.25, 0.3) is 0 Å². The van der Waals surface area contributed by atoms with E-state index in [1.165, 1.54) is 0 Å². The first-order valence-corrected chi connectivity index (χ1v) is 3.90. The van der Waals surface area contributed by atoms with Gasteiger partial charge in [0, 0.05) is 6.20 Å². The Morgan fingerprint density at radius 1 is 1.70 bits per heavy atom. The first-order chi connectivity index (χ1) is 4.84. The highest BCUT2D eigenvalue weighted by molar-refractivity contribution is 7.80. The zero-order valence-corrected chi connectivity index (χ0v) is 6.83. The fraction of sp³-hybridized carbons (Fsp3) is 0.667. The van der Waals surface area contributed by atoms with Crippen LogP contribution in [0.4, 0.5) is 0 Å². The van der Waals surface area contributed by atoms with Crippen LogP contribution in [0.2, 0.25) is 0 Å². The summed E-state index contributed by atoms with van der Waals surface area (Å²) in [5, 5.41) is 7.70. The Morgan fingerprint density at radius 2 is 2.50 bits per heavy atom. The van der Waals surface area contributed by atoms with E-state index in [2.05, 4.69) is 29.9 Å². The van der Waals surface area contributed by atoms with E-state index >= 15 is 0 Å². The summed E-state index contributed by atoms with van der Waals surface area (Å²) in [5.41, 5.74) is 0. The van der Waals surface area contributed by atoms with Crippen LogP contribution in [-0.4, -0.2) is 15.0 Å². The third-order valence-electron chi connectivity index (χ3n) is 1.29. The molecule has 1 aromatic heterocycles. The Hall–Kier alpha value is -0.510. The van der Waals surface area contributed by atoms with E-state index in [4.69, 9.17) is 0 Å². The molecular weight excluding hydrogens is 146 g/mol. The van der Waals surface area contributed by atoms with E-state index in [1.54, 1.807) is 10.9 Å². The predicted molar refractivity (Wildman–Crippen MR) is 43.0 cm³/mol. The summed E-state index contributed by atoms with van der Waals surface area (Å²) in [6, 6.07) is 0. The lowest BCUT2D eigenvalue weighted by Gasteiger charge is -2.06. The van der Waals surface area contributed by atoms with Crippen LogP contribution in [0.15, 0.2) is 12.4 Å². The third kappa shape index (κ3) is 1.73. The second kappa shape index (κ2) is 3.61. The molecule has 4 heteroatoms. The standard InChI is InChI=1S/C6H11N3S/c1-2-3-6(10)9-5-4-7-8-9/h4-6,10H,2-3H2,1H3. The molecule has 0 aromatic carbocycles. The van der Waals surface area contributed by atoms with Crippen LogP contribution in [-0.2, 0) is 0 Å². The molecule has 56 valence electrons. The van der Waals surface area contributed by atoms with Gasteiger partial charge in [0.05, 0.1) is 11.6 Å². The molecule has 0 N–H and O–H groups in total. The van der Waals surface area contributed by atoms with Crippen molar-refractivity contribution in [1.29, 1.82) is 0 Å². The third-order valence-corrected chi connectivity index (χ3v) is 1.79. The minimum atomic E-state index is 0.187. The summed E-state index contributed by atoms with van der Waals surface area (Å²) in [7, 11) is 0. The molecule has 1 atom stereocenters. The van der Waals surface area contributed by atoms with Gasteiger partial charge in [0.1, 0.15) is 0 Å². The van der Waals surface area contributed by atoms with E-state index in [9.17, 15) is 0 Å². The number of aromatic nitrogens is 3. The smallest absolute Gasteiger partial charge is 0.0960 e. The highest BCUT2D eigenvalue weighted by Gasteiger charge is 2.02. The summed E-state index contributed by atoms with van der Waals surface area (Å²) in [4.78, 5) is 0. The van der Waals surface area contributed by atoms with E-state index in [1.807, 2.05) is 6.20 Å². The molecule has 0 radical (unpaired) electrons. The number of hydrogen-bond donors (Lipinski definition) is 1. The molecule has 0 fully saturated rings. The highest BCUT2D eigenvalue weighted by Crippen LogP contribution is 2.14. The molecule has 0 aliphatic carbocycles. The minimum Gasteiger partial charge on any atom is -0.240 e. The Kier molecular flexibility index (Phi) is 2.74. The van der Waals surface area contributed by atoms with Gasteiger partial charge < -0.3 is 0 Å². The lowest BCUT2D eigenvalue weighted by Crippen LogP contribution is -2.02. The first kappa shape index (κ1) is 7.60. The van der Waals surface area contributed by atoms with Crippen molar-refractivity contribution in [3.05, 3.63) is 12.4 Å². The van der Waals surface area contributed by atoms with Crippen molar-refractivity contribution in [3.63, 3.8) is 0 Å². The average molecular weight is 157 g/mol. The molecule has 10 heavy (non-hydrogen) atoms. The van der Waals surface area contributed by atoms with Crippen molar-refractivity contribution in [3.8, 4) is 0 Å². The molecule has 1 aromatic rings. The molecule has 0 aliphatic heterocycles.